The Bertz CT molecular complexity index is 1150. The Kier molecular flexibility index (Phi) is 8.18. The third-order valence-electron chi connectivity index (χ3n) is 5.69. The fraction of sp³-hybridized carbons (Fsp3) is 0.393. The van der Waals surface area contributed by atoms with Crippen LogP contribution in [0.2, 0.25) is 0 Å². The lowest BCUT2D eigenvalue weighted by atomic mass is 10.0. The molecule has 0 aliphatic carbocycles. The van der Waals surface area contributed by atoms with Gasteiger partial charge < -0.3 is 15.0 Å². The fourth-order valence-corrected chi connectivity index (χ4v) is 3.86. The number of nitrogens with one attached hydrogen (secondary N) is 3. The SMILES string of the molecule is Cc1cc(C(=O)N2CCCC2C)ccc1C#CCNc1ccc(C(=N)NC(=O)OC(C)(C)C)cc1. The molecule has 3 N–H and O–H groups in total. The van der Waals surface area contributed by atoms with E-state index < -0.39 is 11.7 Å². The van der Waals surface area contributed by atoms with Gasteiger partial charge in [-0.25, -0.2) is 4.79 Å². The quantitative estimate of drug-likeness (QED) is 0.333. The number of hydrogen-bond donors (Lipinski definition) is 3. The lowest BCUT2D eigenvalue weighted by molar-refractivity contribution is 0.0562. The minimum atomic E-state index is -0.654. The minimum absolute atomic E-state index is 0.0258. The molecule has 0 saturated carbocycles. The Hall–Kier alpha value is -3.79. The lowest BCUT2D eigenvalue weighted by Gasteiger charge is -2.21. The van der Waals surface area contributed by atoms with E-state index in [9.17, 15) is 9.59 Å². The van der Waals surface area contributed by atoms with Crippen molar-refractivity contribution in [1.29, 1.82) is 5.41 Å². The first-order valence-electron chi connectivity index (χ1n) is 11.9. The van der Waals surface area contributed by atoms with Crippen molar-refractivity contribution in [2.45, 2.75) is 59.1 Å². The second-order valence-electron chi connectivity index (χ2n) is 9.75. The molecule has 7 nitrogen and oxygen atoms in total. The Labute approximate surface area is 207 Å². The highest BCUT2D eigenvalue weighted by Crippen LogP contribution is 2.21. The molecule has 1 fully saturated rings. The van der Waals surface area contributed by atoms with Gasteiger partial charge in [0.1, 0.15) is 11.4 Å². The number of benzene rings is 2. The molecule has 1 aliphatic rings. The number of carbonyl (C=O) groups is 2. The number of amides is 2. The molecule has 1 saturated heterocycles. The molecule has 1 heterocycles. The number of amidine groups is 1. The van der Waals surface area contributed by atoms with E-state index in [0.29, 0.717) is 23.7 Å². The smallest absolute Gasteiger partial charge is 0.413 e. The van der Waals surface area contributed by atoms with Gasteiger partial charge in [-0.1, -0.05) is 11.8 Å². The molecule has 2 aromatic carbocycles. The van der Waals surface area contributed by atoms with Crippen LogP contribution in [0, 0.1) is 24.2 Å². The lowest BCUT2D eigenvalue weighted by Crippen LogP contribution is -2.36. The van der Waals surface area contributed by atoms with E-state index in [0.717, 1.165) is 36.2 Å². The van der Waals surface area contributed by atoms with Gasteiger partial charge in [0.15, 0.2) is 0 Å². The molecule has 2 aromatic rings. The summed E-state index contributed by atoms with van der Waals surface area (Å²) in [5.74, 6) is 6.35. The Balaban J connectivity index is 1.52. The number of aryl methyl sites for hydroxylation is 1. The highest BCUT2D eigenvalue weighted by atomic mass is 16.6. The van der Waals surface area contributed by atoms with Crippen molar-refractivity contribution < 1.29 is 14.3 Å². The van der Waals surface area contributed by atoms with E-state index in [1.165, 1.54) is 0 Å². The molecule has 3 rings (SSSR count). The van der Waals surface area contributed by atoms with E-state index >= 15 is 0 Å². The average molecular weight is 475 g/mol. The fourth-order valence-electron chi connectivity index (χ4n) is 3.86. The van der Waals surface area contributed by atoms with E-state index in [1.807, 2.05) is 42.2 Å². The number of ether oxygens (including phenoxy) is 1. The van der Waals surface area contributed by atoms with Crippen LogP contribution in [0.3, 0.4) is 0 Å². The molecule has 7 heteroatoms. The van der Waals surface area contributed by atoms with Crippen LogP contribution in [-0.2, 0) is 4.74 Å². The summed E-state index contributed by atoms with van der Waals surface area (Å²) in [7, 11) is 0. The highest BCUT2D eigenvalue weighted by molar-refractivity contribution is 6.04. The first kappa shape index (κ1) is 25.8. The van der Waals surface area contributed by atoms with Crippen molar-refractivity contribution in [2.75, 3.05) is 18.4 Å². The molecule has 2 amide bonds. The Morgan fingerprint density at radius 2 is 1.83 bits per heavy atom. The third kappa shape index (κ3) is 7.35. The summed E-state index contributed by atoms with van der Waals surface area (Å²) in [4.78, 5) is 26.5. The molecule has 1 unspecified atom stereocenters. The number of carbonyl (C=O) groups excluding carboxylic acids is 2. The molecule has 1 aliphatic heterocycles. The maximum absolute atomic E-state index is 12.8. The van der Waals surface area contributed by atoms with Gasteiger partial charge in [0.05, 0.1) is 6.54 Å². The van der Waals surface area contributed by atoms with Crippen LogP contribution in [0.25, 0.3) is 0 Å². The van der Waals surface area contributed by atoms with Gasteiger partial charge in [0.2, 0.25) is 0 Å². The van der Waals surface area contributed by atoms with Crippen LogP contribution in [0.4, 0.5) is 10.5 Å². The van der Waals surface area contributed by atoms with Crippen LogP contribution < -0.4 is 10.6 Å². The van der Waals surface area contributed by atoms with Crippen molar-refractivity contribution in [1.82, 2.24) is 10.2 Å². The van der Waals surface area contributed by atoms with Gasteiger partial charge >= 0.3 is 6.09 Å². The van der Waals surface area contributed by atoms with Gasteiger partial charge in [-0.2, -0.15) is 0 Å². The molecular weight excluding hydrogens is 440 g/mol. The van der Waals surface area contributed by atoms with Gasteiger partial charge in [-0.15, -0.1) is 0 Å². The predicted octanol–water partition coefficient (Wildman–Crippen LogP) is 4.93. The summed E-state index contributed by atoms with van der Waals surface area (Å²) in [6.07, 6.45) is 1.48. The standard InChI is InChI=1S/C28H34N4O3/c1-19-18-23(26(33)32-17-7-8-20(32)2)11-10-21(19)9-6-16-30-24-14-12-22(13-15-24)25(29)31-27(34)35-28(3,4)5/h10-15,18,20,30H,7-8,16-17H2,1-5H3,(H2,29,31,34). The Morgan fingerprint density at radius 3 is 2.43 bits per heavy atom. The summed E-state index contributed by atoms with van der Waals surface area (Å²) >= 11 is 0. The van der Waals surface area contributed by atoms with Gasteiger partial charge in [0.25, 0.3) is 5.91 Å². The van der Waals surface area contributed by atoms with Crippen LogP contribution in [0.15, 0.2) is 42.5 Å². The number of rotatable bonds is 4. The van der Waals surface area contributed by atoms with E-state index in [2.05, 4.69) is 29.4 Å². The summed E-state index contributed by atoms with van der Waals surface area (Å²) in [5, 5.41) is 13.7. The number of alkyl carbamates (subject to hydrolysis) is 1. The second kappa shape index (κ2) is 11.1. The Morgan fingerprint density at radius 1 is 1.14 bits per heavy atom. The molecule has 184 valence electrons. The van der Waals surface area contributed by atoms with Crippen LogP contribution >= 0.6 is 0 Å². The van der Waals surface area contributed by atoms with E-state index in [-0.39, 0.29) is 11.7 Å². The second-order valence-corrected chi connectivity index (χ2v) is 9.75. The number of likely N-dealkylation sites (tertiary alicyclic amines) is 1. The molecule has 35 heavy (non-hydrogen) atoms. The van der Waals surface area contributed by atoms with E-state index in [1.54, 1.807) is 32.9 Å². The van der Waals surface area contributed by atoms with Crippen molar-refractivity contribution in [2.24, 2.45) is 0 Å². The normalized spacial score (nSPS) is 15.1. The zero-order chi connectivity index (χ0) is 25.6. The van der Waals surface area contributed by atoms with Crippen LogP contribution in [0.5, 0.6) is 0 Å². The van der Waals surface area contributed by atoms with Gasteiger partial charge in [-0.05, 0) is 95.5 Å². The summed E-state index contributed by atoms with van der Waals surface area (Å²) in [6, 6.07) is 13.1. The predicted molar refractivity (Wildman–Crippen MR) is 139 cm³/mol. The first-order chi connectivity index (χ1) is 16.5. The molecule has 1 atom stereocenters. The zero-order valence-corrected chi connectivity index (χ0v) is 21.1. The number of anilines is 1. The van der Waals surface area contributed by atoms with Crippen LogP contribution in [0.1, 0.15) is 67.6 Å². The van der Waals surface area contributed by atoms with Crippen LogP contribution in [-0.4, -0.2) is 47.5 Å². The average Bonchev–Trinajstić information content (AvgIpc) is 3.21. The minimum Gasteiger partial charge on any atom is -0.444 e. The van der Waals surface area contributed by atoms with Crippen molar-refractivity contribution in [3.63, 3.8) is 0 Å². The van der Waals surface area contributed by atoms with Crippen molar-refractivity contribution in [3.05, 3.63) is 64.7 Å². The highest BCUT2D eigenvalue weighted by Gasteiger charge is 2.26. The maximum atomic E-state index is 12.8. The number of nitrogens with zero attached hydrogens (tertiary/aromatic N) is 1. The topological polar surface area (TPSA) is 94.5 Å². The molecule has 0 bridgehead atoms. The van der Waals surface area contributed by atoms with Gasteiger partial charge in [-0.3, -0.25) is 15.5 Å². The molecule has 0 radical (unpaired) electrons. The molecular formula is C28H34N4O3. The monoisotopic (exact) mass is 474 g/mol. The molecule has 0 aromatic heterocycles. The third-order valence-corrected chi connectivity index (χ3v) is 5.69. The zero-order valence-electron chi connectivity index (χ0n) is 21.1. The largest absolute Gasteiger partial charge is 0.444 e. The number of hydrogen-bond acceptors (Lipinski definition) is 5. The molecule has 0 spiro atoms. The van der Waals surface area contributed by atoms with E-state index in [4.69, 9.17) is 10.1 Å². The first-order valence-corrected chi connectivity index (χ1v) is 11.9. The summed E-state index contributed by atoms with van der Waals surface area (Å²) in [5.41, 5.74) is 3.40. The summed E-state index contributed by atoms with van der Waals surface area (Å²) < 4.78 is 5.17. The van der Waals surface area contributed by atoms with Gasteiger partial charge in [0, 0.05) is 35.0 Å². The summed E-state index contributed by atoms with van der Waals surface area (Å²) in [6.45, 7) is 10.7. The maximum Gasteiger partial charge on any atom is 0.413 e. The van der Waals surface area contributed by atoms with Crippen molar-refractivity contribution >= 4 is 23.5 Å². The van der Waals surface area contributed by atoms with Crippen molar-refractivity contribution in [3.8, 4) is 11.8 Å².